The predicted molar refractivity (Wildman–Crippen MR) is 46.1 cm³/mol. The molecule has 1 aromatic rings. The Balaban J connectivity index is 2.98. The third-order valence-corrected chi connectivity index (χ3v) is 1.58. The fourth-order valence-electron chi connectivity index (χ4n) is 0.952. The molecular weight excluding hydrogens is 225 g/mol. The molecule has 0 amide bonds. The number of carbonyl (C=O) groups excluding carboxylic acids is 1. The van der Waals surface area contributed by atoms with Gasteiger partial charge in [0, 0.05) is 0 Å². The Hall–Kier alpha value is -2.14. The largest absolute Gasteiger partial charge is 0.431 e. The molecular formula is C9H5F3N2O2. The highest BCUT2D eigenvalue weighted by atomic mass is 19.3. The molecule has 1 rings (SSSR count). The van der Waals surface area contributed by atoms with Gasteiger partial charge >= 0.3 is 18.3 Å². The summed E-state index contributed by atoms with van der Waals surface area (Å²) in [6, 6.07) is 3.96. The molecule has 0 saturated heterocycles. The van der Waals surface area contributed by atoms with E-state index in [1.165, 1.54) is 12.1 Å². The standard InChI is InChI=1S/C9H5F3N2O2/c10-7-4-2-1-3-6(7)9(11,12)16-8(15)5-14-13/h1-5H. The lowest BCUT2D eigenvalue weighted by atomic mass is 10.2. The zero-order valence-electron chi connectivity index (χ0n) is 7.73. The summed E-state index contributed by atoms with van der Waals surface area (Å²) in [6.45, 7) is 0. The molecule has 0 fully saturated rings. The lowest BCUT2D eigenvalue weighted by Crippen LogP contribution is -2.24. The van der Waals surface area contributed by atoms with E-state index in [1.54, 1.807) is 0 Å². The normalized spacial score (nSPS) is 10.4. The molecule has 0 bridgehead atoms. The zero-order chi connectivity index (χ0) is 12.2. The number of esters is 1. The van der Waals surface area contributed by atoms with Crippen LogP contribution in [-0.2, 0) is 15.6 Å². The minimum atomic E-state index is -4.12. The molecule has 0 radical (unpaired) electrons. The van der Waals surface area contributed by atoms with E-state index < -0.39 is 23.5 Å². The van der Waals surface area contributed by atoms with Gasteiger partial charge in [-0.05, 0) is 12.1 Å². The molecule has 0 aliphatic heterocycles. The van der Waals surface area contributed by atoms with Gasteiger partial charge in [0.1, 0.15) is 11.4 Å². The number of nitrogens with zero attached hydrogens (tertiary/aromatic N) is 2. The van der Waals surface area contributed by atoms with Gasteiger partial charge in [-0.2, -0.15) is 13.6 Å². The zero-order valence-corrected chi connectivity index (χ0v) is 7.73. The molecule has 0 aromatic heterocycles. The van der Waals surface area contributed by atoms with Crippen molar-refractivity contribution in [1.29, 1.82) is 0 Å². The van der Waals surface area contributed by atoms with Crippen LogP contribution in [0.15, 0.2) is 24.3 Å². The first-order chi connectivity index (χ1) is 7.47. The monoisotopic (exact) mass is 230 g/mol. The number of alkyl halides is 2. The van der Waals surface area contributed by atoms with Gasteiger partial charge in [0.2, 0.25) is 0 Å². The Morgan fingerprint density at radius 2 is 2.06 bits per heavy atom. The van der Waals surface area contributed by atoms with Crippen LogP contribution in [0.4, 0.5) is 13.2 Å². The van der Waals surface area contributed by atoms with Crippen molar-refractivity contribution in [3.63, 3.8) is 0 Å². The van der Waals surface area contributed by atoms with E-state index >= 15 is 0 Å². The van der Waals surface area contributed by atoms with Gasteiger partial charge in [-0.1, -0.05) is 12.1 Å². The van der Waals surface area contributed by atoms with E-state index in [4.69, 9.17) is 5.53 Å². The Kier molecular flexibility index (Phi) is 3.42. The topological polar surface area (TPSA) is 62.7 Å². The van der Waals surface area contributed by atoms with Crippen LogP contribution in [0.3, 0.4) is 0 Å². The van der Waals surface area contributed by atoms with Crippen molar-refractivity contribution in [2.45, 2.75) is 6.11 Å². The average molecular weight is 230 g/mol. The summed E-state index contributed by atoms with van der Waals surface area (Å²) >= 11 is 0. The molecule has 1 aromatic carbocycles. The summed E-state index contributed by atoms with van der Waals surface area (Å²) in [5.74, 6) is -2.79. The van der Waals surface area contributed by atoms with Crippen molar-refractivity contribution in [2.75, 3.05) is 0 Å². The maximum Gasteiger partial charge on any atom is 0.431 e. The first-order valence-corrected chi connectivity index (χ1v) is 4.00. The molecule has 0 heterocycles. The van der Waals surface area contributed by atoms with Gasteiger partial charge in [-0.15, -0.1) is 0 Å². The second-order valence-corrected chi connectivity index (χ2v) is 2.66. The summed E-state index contributed by atoms with van der Waals surface area (Å²) < 4.78 is 42.9. The number of hydrogen-bond acceptors (Lipinski definition) is 2. The Labute approximate surface area is 87.9 Å². The highest BCUT2D eigenvalue weighted by molar-refractivity contribution is 6.20. The van der Waals surface area contributed by atoms with E-state index in [0.717, 1.165) is 12.1 Å². The maximum atomic E-state index is 13.2. The number of rotatable bonds is 3. The highest BCUT2D eigenvalue weighted by Crippen LogP contribution is 2.30. The minimum absolute atomic E-state index is 0.134. The fourth-order valence-corrected chi connectivity index (χ4v) is 0.952. The number of hydrogen-bond donors (Lipinski definition) is 0. The summed E-state index contributed by atoms with van der Waals surface area (Å²) in [5, 5.41) is 0. The predicted octanol–water partition coefficient (Wildman–Crippen LogP) is 1.72. The van der Waals surface area contributed by atoms with Crippen molar-refractivity contribution < 1.29 is 27.5 Å². The Bertz CT molecular complexity index is 456. The lowest BCUT2D eigenvalue weighted by Gasteiger charge is -2.14. The molecule has 84 valence electrons. The second kappa shape index (κ2) is 4.59. The summed E-state index contributed by atoms with van der Waals surface area (Å²) in [7, 11) is 0. The first-order valence-electron chi connectivity index (χ1n) is 4.00. The van der Waals surface area contributed by atoms with Gasteiger partial charge < -0.3 is 10.3 Å². The van der Waals surface area contributed by atoms with Crippen LogP contribution < -0.4 is 0 Å². The second-order valence-electron chi connectivity index (χ2n) is 2.66. The van der Waals surface area contributed by atoms with E-state index in [2.05, 4.69) is 9.53 Å². The summed E-state index contributed by atoms with van der Waals surface area (Å²) in [6.07, 6.45) is -3.99. The Morgan fingerprint density at radius 1 is 1.44 bits per heavy atom. The van der Waals surface area contributed by atoms with Crippen molar-refractivity contribution in [3.8, 4) is 0 Å². The van der Waals surface area contributed by atoms with Crippen LogP contribution in [0.5, 0.6) is 0 Å². The van der Waals surface area contributed by atoms with E-state index in [1.807, 2.05) is 0 Å². The van der Waals surface area contributed by atoms with Crippen LogP contribution in [-0.4, -0.2) is 17.0 Å². The number of carbonyl (C=O) groups is 1. The first kappa shape index (κ1) is 11.9. The van der Waals surface area contributed by atoms with Gasteiger partial charge in [0.15, 0.2) is 0 Å². The SMILES string of the molecule is [N-]=[N+]=CC(=O)OC(F)(F)c1ccccc1F. The van der Waals surface area contributed by atoms with Crippen molar-refractivity contribution in [3.05, 3.63) is 41.2 Å². The van der Waals surface area contributed by atoms with Gasteiger partial charge in [0.25, 0.3) is 0 Å². The maximum absolute atomic E-state index is 13.2. The smallest absolute Gasteiger partial charge is 0.388 e. The van der Waals surface area contributed by atoms with Crippen LogP contribution in [0.2, 0.25) is 0 Å². The quantitative estimate of drug-likeness (QED) is 0.343. The number of halogens is 3. The third kappa shape index (κ3) is 2.68. The van der Waals surface area contributed by atoms with E-state index in [-0.39, 0.29) is 6.21 Å². The molecule has 4 nitrogen and oxygen atoms in total. The van der Waals surface area contributed by atoms with Crippen LogP contribution >= 0.6 is 0 Å². The third-order valence-electron chi connectivity index (χ3n) is 1.58. The van der Waals surface area contributed by atoms with Crippen molar-refractivity contribution in [1.82, 2.24) is 0 Å². The van der Waals surface area contributed by atoms with E-state index in [9.17, 15) is 18.0 Å². The molecule has 0 saturated carbocycles. The molecule has 0 aliphatic carbocycles. The summed E-state index contributed by atoms with van der Waals surface area (Å²) in [5.41, 5.74) is 6.83. The van der Waals surface area contributed by atoms with Crippen LogP contribution in [0.1, 0.15) is 5.56 Å². The molecule has 0 unspecified atom stereocenters. The fraction of sp³-hybridized carbons (Fsp3) is 0.111. The van der Waals surface area contributed by atoms with Gasteiger partial charge in [-0.25, -0.2) is 9.18 Å². The van der Waals surface area contributed by atoms with Crippen LogP contribution in [0.25, 0.3) is 5.53 Å². The molecule has 7 heteroatoms. The minimum Gasteiger partial charge on any atom is -0.388 e. The molecule has 0 spiro atoms. The highest BCUT2D eigenvalue weighted by Gasteiger charge is 2.39. The van der Waals surface area contributed by atoms with Crippen LogP contribution in [0, 0.1) is 5.82 Å². The van der Waals surface area contributed by atoms with E-state index in [0.29, 0.717) is 0 Å². The average Bonchev–Trinajstić information content (AvgIpc) is 2.17. The van der Waals surface area contributed by atoms with Crippen molar-refractivity contribution in [2.24, 2.45) is 0 Å². The van der Waals surface area contributed by atoms with Gasteiger partial charge in [-0.3, -0.25) is 0 Å². The molecule has 0 aliphatic rings. The summed E-state index contributed by atoms with van der Waals surface area (Å²) in [4.78, 5) is 12.8. The van der Waals surface area contributed by atoms with Crippen molar-refractivity contribution >= 4 is 12.2 Å². The molecule has 16 heavy (non-hydrogen) atoms. The number of ether oxygens (including phenoxy) is 1. The molecule has 0 atom stereocenters. The number of benzene rings is 1. The molecule has 0 N–H and O–H groups in total. The Morgan fingerprint density at radius 3 is 2.62 bits per heavy atom. The lowest BCUT2D eigenvalue weighted by molar-refractivity contribution is -0.236. The van der Waals surface area contributed by atoms with Gasteiger partial charge in [0.05, 0.1) is 0 Å².